The molecule has 0 spiro atoms. The predicted octanol–water partition coefficient (Wildman–Crippen LogP) is 6.52. The summed E-state index contributed by atoms with van der Waals surface area (Å²) in [6, 6.07) is 9.51. The lowest BCUT2D eigenvalue weighted by molar-refractivity contribution is 0.405. The van der Waals surface area contributed by atoms with Crippen molar-refractivity contribution in [1.82, 2.24) is 0 Å². The van der Waals surface area contributed by atoms with Crippen molar-refractivity contribution in [2.75, 3.05) is 0 Å². The van der Waals surface area contributed by atoms with E-state index in [1.165, 1.54) is 38.5 Å². The number of rotatable bonds is 12. The number of hydrogen-bond acceptors (Lipinski definition) is 1. The van der Waals surface area contributed by atoms with E-state index in [0.717, 1.165) is 0 Å². The van der Waals surface area contributed by atoms with Crippen LogP contribution in [0.5, 0.6) is 0 Å². The Bertz CT molecular complexity index is 194. The first-order valence-corrected chi connectivity index (χ1v) is 16.3. The van der Waals surface area contributed by atoms with Crippen molar-refractivity contribution in [3.05, 3.63) is 0 Å². The van der Waals surface area contributed by atoms with E-state index in [4.69, 9.17) is 14.4 Å². The van der Waals surface area contributed by atoms with Crippen LogP contribution in [0.2, 0.25) is 36.3 Å². The van der Waals surface area contributed by atoms with E-state index in [2.05, 4.69) is 41.5 Å². The molecule has 0 bridgehead atoms. The molecule has 24 heavy (non-hydrogen) atoms. The summed E-state index contributed by atoms with van der Waals surface area (Å²) in [4.78, 5) is 14.2. The molecular weight excluding hydrogens is 351 g/mol. The molecule has 0 fully saturated rings. The second-order valence-corrected chi connectivity index (χ2v) is 14.2. The maximum Gasteiger partial charge on any atom is 0.692 e. The van der Waals surface area contributed by atoms with Gasteiger partial charge in [-0.25, -0.2) is 0 Å². The summed E-state index contributed by atoms with van der Waals surface area (Å²) >= 11 is 0. The van der Waals surface area contributed by atoms with Gasteiger partial charge in [-0.2, -0.15) is 0 Å². The minimum atomic E-state index is -2.87. The van der Waals surface area contributed by atoms with Crippen LogP contribution in [0, 0.1) is 0 Å². The summed E-state index contributed by atoms with van der Waals surface area (Å²) in [6.45, 7) is 13.9. The van der Waals surface area contributed by atoms with Crippen molar-refractivity contribution >= 4 is 25.8 Å². The van der Waals surface area contributed by atoms with Crippen LogP contribution in [0.3, 0.4) is 0 Å². The Kier molecular flexibility index (Phi) is 31.3. The third kappa shape index (κ3) is 30.3. The van der Waals surface area contributed by atoms with E-state index in [9.17, 15) is 0 Å². The molecule has 0 aliphatic carbocycles. The van der Waals surface area contributed by atoms with Gasteiger partial charge in [0.25, 0.3) is 0 Å². The molecule has 0 aromatic carbocycles. The lowest BCUT2D eigenvalue weighted by Crippen LogP contribution is -2.09. The molecule has 3 nitrogen and oxygen atoms in total. The van der Waals surface area contributed by atoms with Crippen LogP contribution < -0.4 is 0 Å². The van der Waals surface area contributed by atoms with E-state index >= 15 is 0 Å². The van der Waals surface area contributed by atoms with E-state index in [0.29, 0.717) is 0 Å². The van der Waals surface area contributed by atoms with Gasteiger partial charge in [0.1, 0.15) is 0 Å². The molecule has 0 aromatic heterocycles. The largest absolute Gasteiger partial charge is 0.692 e. The van der Waals surface area contributed by atoms with Gasteiger partial charge in [0, 0.05) is 22.2 Å². The van der Waals surface area contributed by atoms with Crippen LogP contribution in [-0.2, 0) is 4.57 Å². The zero-order valence-corrected chi connectivity index (χ0v) is 20.6. The summed E-state index contributed by atoms with van der Waals surface area (Å²) in [5, 5.41) is 0. The highest BCUT2D eigenvalue weighted by Gasteiger charge is 2.06. The minimum Gasteiger partial charge on any atom is -0.134 e. The molecule has 0 aromatic rings. The zero-order chi connectivity index (χ0) is 19.2. The van der Waals surface area contributed by atoms with Crippen LogP contribution in [0.4, 0.5) is 0 Å². The molecule has 0 amide bonds. The van der Waals surface area contributed by atoms with Crippen molar-refractivity contribution in [2.45, 2.75) is 116 Å². The fraction of sp³-hybridized carbons (Fsp3) is 1.00. The van der Waals surface area contributed by atoms with Crippen molar-refractivity contribution in [3.63, 3.8) is 0 Å². The SMILES string of the molecule is CCC[SiH](CCC)CCC.CCC[SiH](CCC)CCC.O=[P+](O)O. The van der Waals surface area contributed by atoms with Crippen LogP contribution in [0.15, 0.2) is 0 Å². The fourth-order valence-electron chi connectivity index (χ4n) is 3.32. The Morgan fingerprint density at radius 2 is 0.667 bits per heavy atom. The van der Waals surface area contributed by atoms with Crippen LogP contribution in [0.1, 0.15) is 80.1 Å². The molecule has 6 heteroatoms. The van der Waals surface area contributed by atoms with Gasteiger partial charge in [-0.15, -0.1) is 9.79 Å². The summed E-state index contributed by atoms with van der Waals surface area (Å²) in [5.41, 5.74) is 0. The van der Waals surface area contributed by atoms with Gasteiger partial charge >= 0.3 is 8.25 Å². The molecule has 0 radical (unpaired) electrons. The minimum absolute atomic E-state index is 0.234. The fourth-order valence-corrected chi connectivity index (χ4v) is 9.95. The third-order valence-corrected chi connectivity index (χ3v) is 12.5. The van der Waals surface area contributed by atoms with Gasteiger partial charge in [-0.3, -0.25) is 0 Å². The maximum atomic E-state index is 8.70. The third-order valence-electron chi connectivity index (χ3n) is 4.18. The number of hydrogen-bond donors (Lipinski definition) is 2. The van der Waals surface area contributed by atoms with E-state index < -0.39 is 8.25 Å². The van der Waals surface area contributed by atoms with Gasteiger partial charge < -0.3 is 0 Å². The van der Waals surface area contributed by atoms with Crippen molar-refractivity contribution in [1.29, 1.82) is 0 Å². The van der Waals surface area contributed by atoms with Crippen molar-refractivity contribution in [3.8, 4) is 0 Å². The lowest BCUT2D eigenvalue weighted by Gasteiger charge is -2.10. The van der Waals surface area contributed by atoms with Gasteiger partial charge in [-0.1, -0.05) is 116 Å². The highest BCUT2D eigenvalue weighted by molar-refractivity contribution is 7.30. The Morgan fingerprint density at radius 1 is 0.542 bits per heavy atom. The molecule has 0 aliphatic heterocycles. The first kappa shape index (κ1) is 29.2. The Labute approximate surface area is 156 Å². The zero-order valence-electron chi connectivity index (χ0n) is 17.4. The Morgan fingerprint density at radius 3 is 0.750 bits per heavy atom. The van der Waals surface area contributed by atoms with Crippen molar-refractivity contribution in [2.24, 2.45) is 0 Å². The van der Waals surface area contributed by atoms with E-state index in [1.54, 1.807) is 36.3 Å². The lowest BCUT2D eigenvalue weighted by atomic mass is 10.6. The molecule has 148 valence electrons. The summed E-state index contributed by atoms with van der Waals surface area (Å²) in [7, 11) is -3.34. The molecule has 0 rings (SSSR count). The van der Waals surface area contributed by atoms with Crippen LogP contribution >= 0.6 is 8.25 Å². The maximum absolute atomic E-state index is 8.70. The smallest absolute Gasteiger partial charge is 0.134 e. The topological polar surface area (TPSA) is 57.5 Å². The molecule has 0 aliphatic rings. The Hall–Kier alpha value is 0.454. The molecule has 0 atom stereocenters. The monoisotopic (exact) mass is 397 g/mol. The summed E-state index contributed by atoms with van der Waals surface area (Å²) < 4.78 is 8.70. The van der Waals surface area contributed by atoms with Crippen molar-refractivity contribution < 1.29 is 14.4 Å². The normalized spacial score (nSPS) is 10.1. The Balaban J connectivity index is -0.000000301. The molecule has 0 heterocycles. The molecule has 2 N–H and O–H groups in total. The second kappa shape index (κ2) is 25.7. The molecular formula is C18H46O3PSi2+. The second-order valence-electron chi connectivity index (χ2n) is 6.72. The van der Waals surface area contributed by atoms with Crippen LogP contribution in [0.25, 0.3) is 0 Å². The average molecular weight is 398 g/mol. The quantitative estimate of drug-likeness (QED) is 0.291. The van der Waals surface area contributed by atoms with E-state index in [1.807, 2.05) is 0 Å². The summed E-state index contributed by atoms with van der Waals surface area (Å²) in [5.74, 6) is 0. The standard InChI is InChI=1S/2C9H22Si.HO3P/c2*1-4-7-10(8-5-2)9-6-3;1-4(2)3/h2*10H,4-9H2,1-3H3;(H-,1,2,3)/p+1. The van der Waals surface area contributed by atoms with Crippen LogP contribution in [-0.4, -0.2) is 27.4 Å². The first-order chi connectivity index (χ1) is 11.4. The van der Waals surface area contributed by atoms with Gasteiger partial charge in [0.05, 0.1) is 0 Å². The molecule has 0 saturated heterocycles. The first-order valence-electron chi connectivity index (χ1n) is 10.3. The highest BCUT2D eigenvalue weighted by atomic mass is 31.1. The van der Waals surface area contributed by atoms with Gasteiger partial charge in [0.15, 0.2) is 0 Å². The van der Waals surface area contributed by atoms with E-state index in [-0.39, 0.29) is 17.6 Å². The van der Waals surface area contributed by atoms with Gasteiger partial charge in [0.2, 0.25) is 0 Å². The highest BCUT2D eigenvalue weighted by Crippen LogP contribution is 2.12. The summed E-state index contributed by atoms with van der Waals surface area (Å²) in [6.07, 6.45) is 8.56. The average Bonchev–Trinajstić information content (AvgIpc) is 2.49. The molecule has 0 unspecified atom stereocenters. The van der Waals surface area contributed by atoms with Gasteiger partial charge in [-0.05, 0) is 0 Å². The molecule has 0 saturated carbocycles. The predicted molar refractivity (Wildman–Crippen MR) is 117 cm³/mol.